The zero-order valence-electron chi connectivity index (χ0n) is 28.6. The molecule has 0 aliphatic heterocycles. The summed E-state index contributed by atoms with van der Waals surface area (Å²) in [5.74, 6) is 0.556. The number of carbonyl (C=O) groups is 1. The van der Waals surface area contributed by atoms with Gasteiger partial charge in [0.2, 0.25) is 0 Å². The zero-order valence-corrected chi connectivity index (χ0v) is 30.2. The molecular formula is C44H57NOSiTi. The number of benzene rings is 4. The molecule has 2 nitrogen and oxygen atoms in total. The van der Waals surface area contributed by atoms with E-state index >= 15 is 0 Å². The molecule has 0 spiro atoms. The van der Waals surface area contributed by atoms with E-state index in [-0.39, 0.29) is 16.9 Å². The molecule has 0 radical (unpaired) electrons. The van der Waals surface area contributed by atoms with Crippen molar-refractivity contribution in [3.8, 4) is 11.1 Å². The van der Waals surface area contributed by atoms with E-state index in [0.717, 1.165) is 35.1 Å². The Hall–Kier alpha value is -3.24. The van der Waals surface area contributed by atoms with E-state index in [1.165, 1.54) is 80.0 Å². The van der Waals surface area contributed by atoms with Gasteiger partial charge < -0.3 is 0 Å². The predicted octanol–water partition coefficient (Wildman–Crippen LogP) is 10.9. The van der Waals surface area contributed by atoms with Gasteiger partial charge in [-0.3, -0.25) is 0 Å². The first kappa shape index (κ1) is 37.6. The van der Waals surface area contributed by atoms with E-state index in [1.54, 1.807) is 0 Å². The van der Waals surface area contributed by atoms with Crippen molar-refractivity contribution in [2.24, 2.45) is 5.92 Å². The second-order valence-electron chi connectivity index (χ2n) is 14.0. The molecule has 0 unspecified atom stereocenters. The van der Waals surface area contributed by atoms with E-state index in [2.05, 4.69) is 100 Å². The van der Waals surface area contributed by atoms with Crippen LogP contribution in [0.3, 0.4) is 0 Å². The predicted molar refractivity (Wildman–Crippen MR) is 210 cm³/mol. The fraction of sp³-hybridized carbons (Fsp3) is 0.341. The van der Waals surface area contributed by atoms with E-state index in [1.807, 2.05) is 36.4 Å². The number of carbonyl (C=O) groups excluding carboxylic acids is 1. The van der Waals surface area contributed by atoms with Gasteiger partial charge in [0, 0.05) is 0 Å². The van der Waals surface area contributed by atoms with Gasteiger partial charge in [0.05, 0.1) is 0 Å². The Labute approximate surface area is 298 Å². The molecule has 0 aromatic heterocycles. The average Bonchev–Trinajstić information content (AvgIpc) is 3.44. The van der Waals surface area contributed by atoms with Crippen LogP contribution in [0.25, 0.3) is 22.3 Å². The minimum absolute atomic E-state index is 0. The molecule has 4 aromatic carbocycles. The van der Waals surface area contributed by atoms with Crippen LogP contribution in [0.15, 0.2) is 122 Å². The molecular weight excluding hydrogens is 634 g/mol. The smallest absolute Gasteiger partial charge is 0.0149 e. The van der Waals surface area contributed by atoms with Crippen LogP contribution in [0.2, 0.25) is 10.5 Å². The minimum Gasteiger partial charge on any atom is -0.0149 e. The molecule has 0 saturated heterocycles. The quantitative estimate of drug-likeness (QED) is 0.158. The Bertz CT molecular complexity index is 1520. The first-order valence-electron chi connectivity index (χ1n) is 17.9. The molecule has 4 aromatic rings. The number of nitrogens with one attached hydrogen (secondary N) is 1. The third kappa shape index (κ3) is 9.68. The summed E-state index contributed by atoms with van der Waals surface area (Å²) in [4.78, 5) is 13.5. The first-order chi connectivity index (χ1) is 22.9. The van der Waals surface area contributed by atoms with Gasteiger partial charge in [-0.15, -0.1) is 0 Å². The minimum atomic E-state index is -2.70. The number of allylic oxidation sites excluding steroid dienone is 2. The summed E-state index contributed by atoms with van der Waals surface area (Å²) in [7, 11) is 0. The van der Waals surface area contributed by atoms with Crippen molar-refractivity contribution in [1.82, 2.24) is 3.80 Å². The molecule has 2 aliphatic carbocycles. The van der Waals surface area contributed by atoms with Crippen molar-refractivity contribution in [2.45, 2.75) is 85.3 Å². The van der Waals surface area contributed by atoms with Gasteiger partial charge in [0.25, 0.3) is 0 Å². The van der Waals surface area contributed by atoms with Crippen LogP contribution in [-0.2, 0) is 21.6 Å². The maximum atomic E-state index is 13.5. The third-order valence-electron chi connectivity index (χ3n) is 10.1. The maximum absolute atomic E-state index is 13.5. The Morgan fingerprint density at radius 3 is 1.33 bits per heavy atom. The van der Waals surface area contributed by atoms with Crippen LogP contribution < -0.4 is 3.80 Å². The molecule has 1 amide bonds. The van der Waals surface area contributed by atoms with Gasteiger partial charge in [-0.25, -0.2) is 0 Å². The monoisotopic (exact) mass is 691 g/mol. The standard InChI is InChI=1S/C16H14.C13H25NO.C13H9.2CH3.H4Si.Ti/c1-13(15-9-5-3-6-10-15)14(2)16-11-7-4-8-12-16;14-13(15)12-10-8-6-4-2-1-3-5-7-9-11-12;1-3-7-12-10(5-1)9-11-6-2-4-8-13(11)12;;;;/h3-12H,1-2H2;12H,1-11H2,(H2,14,15);1-9H;2*1H3;1H4;/q;;;;;;+1/p-1. The fourth-order valence-corrected chi connectivity index (χ4v) is 12.2. The molecule has 1 fully saturated rings. The Balaban J connectivity index is 0.000000258. The molecule has 2 aliphatic rings. The van der Waals surface area contributed by atoms with Crippen molar-refractivity contribution < 1.29 is 21.6 Å². The van der Waals surface area contributed by atoms with Crippen LogP contribution in [0.5, 0.6) is 0 Å². The molecule has 252 valence electrons. The van der Waals surface area contributed by atoms with E-state index in [0.29, 0.717) is 10.1 Å². The van der Waals surface area contributed by atoms with Crippen molar-refractivity contribution in [1.29, 1.82) is 0 Å². The van der Waals surface area contributed by atoms with Crippen LogP contribution in [0.1, 0.15) is 97.1 Å². The summed E-state index contributed by atoms with van der Waals surface area (Å²) in [5.41, 5.74) is 9.77. The van der Waals surface area contributed by atoms with E-state index in [4.69, 9.17) is 0 Å². The molecule has 6 rings (SSSR count). The van der Waals surface area contributed by atoms with Crippen LogP contribution in [0, 0.1) is 5.92 Å². The van der Waals surface area contributed by atoms with Crippen molar-refractivity contribution in [3.05, 3.63) is 145 Å². The summed E-state index contributed by atoms with van der Waals surface area (Å²) in [6.07, 6.45) is 14.0. The van der Waals surface area contributed by atoms with Gasteiger partial charge in [0.15, 0.2) is 0 Å². The molecule has 0 bridgehead atoms. The average molecular weight is 692 g/mol. The number of rotatable bonds is 6. The Morgan fingerprint density at radius 1 is 0.562 bits per heavy atom. The Kier molecular flexibility index (Phi) is 14.5. The molecule has 0 heterocycles. The number of fused-ring (bicyclic) bond motifs is 3. The molecule has 0 atom stereocenters. The molecule has 48 heavy (non-hydrogen) atoms. The molecule has 1 saturated carbocycles. The van der Waals surface area contributed by atoms with Gasteiger partial charge in [-0.1, -0.05) is 73.8 Å². The van der Waals surface area contributed by atoms with Gasteiger partial charge in [-0.05, 0) is 33.2 Å². The topological polar surface area (TPSA) is 29.1 Å². The third-order valence-corrected chi connectivity index (χ3v) is 14.7. The summed E-state index contributed by atoms with van der Waals surface area (Å²) in [6.45, 7) is 8.20. The van der Waals surface area contributed by atoms with E-state index in [9.17, 15) is 4.79 Å². The van der Waals surface area contributed by atoms with Crippen LogP contribution in [0.4, 0.5) is 0 Å². The Morgan fingerprint density at radius 2 is 0.917 bits per heavy atom. The maximum Gasteiger partial charge on any atom is -0.0149 e. The van der Waals surface area contributed by atoms with Gasteiger partial charge >= 0.3 is 193 Å². The number of amides is 1. The zero-order chi connectivity index (χ0) is 33.1. The van der Waals surface area contributed by atoms with E-state index < -0.39 is 16.8 Å². The number of hydrogen-bond donors (Lipinski definition) is 1. The first-order valence-corrected chi connectivity index (χ1v) is 22.7. The van der Waals surface area contributed by atoms with Crippen molar-refractivity contribution >= 4 is 28.0 Å². The molecule has 1 N–H and O–H groups in total. The second-order valence-corrected chi connectivity index (χ2v) is 20.6. The summed E-state index contributed by atoms with van der Waals surface area (Å²) in [6, 6.07) is 37.9. The van der Waals surface area contributed by atoms with Crippen LogP contribution in [-0.4, -0.2) is 16.9 Å². The van der Waals surface area contributed by atoms with Gasteiger partial charge in [-0.2, -0.15) is 0 Å². The fourth-order valence-electron chi connectivity index (χ4n) is 7.48. The summed E-state index contributed by atoms with van der Waals surface area (Å²) >= 11 is -2.70. The van der Waals surface area contributed by atoms with Crippen LogP contribution >= 0.6 is 0 Å². The molecule has 4 heteroatoms. The largest absolute Gasteiger partial charge is 0.0149 e. The summed E-state index contributed by atoms with van der Waals surface area (Å²) < 4.78 is 4.09. The summed E-state index contributed by atoms with van der Waals surface area (Å²) in [5, 5.41) is 4.80. The number of hydrogen-bond acceptors (Lipinski definition) is 1. The SMILES string of the molecule is C=C(C(=C)c1ccccc1)c1ccccc1.[CH3][Ti]([CH3])([NH]C(=O)C1CCCCCCCCCCC1)[CH]1c2ccccc2-c2ccccc21.[SiH4]. The van der Waals surface area contributed by atoms with Crippen molar-refractivity contribution in [3.63, 3.8) is 0 Å². The normalized spacial score (nSPS) is 15.5. The van der Waals surface area contributed by atoms with Gasteiger partial charge in [0.1, 0.15) is 0 Å². The second kappa shape index (κ2) is 18.5. The van der Waals surface area contributed by atoms with Crippen molar-refractivity contribution in [2.75, 3.05) is 0 Å².